The third kappa shape index (κ3) is 3.06. The van der Waals surface area contributed by atoms with Crippen LogP contribution in [0.4, 0.5) is 5.69 Å². The van der Waals surface area contributed by atoms with Crippen molar-refractivity contribution in [3.63, 3.8) is 0 Å². The molecule has 0 aliphatic rings. The molecule has 0 saturated heterocycles. The Morgan fingerprint density at radius 3 is 2.59 bits per heavy atom. The highest BCUT2D eigenvalue weighted by molar-refractivity contribution is 5.67. The third-order valence-corrected chi connectivity index (χ3v) is 2.96. The first-order valence-corrected chi connectivity index (χ1v) is 6.54. The lowest BCUT2D eigenvalue weighted by molar-refractivity contribution is -0.384. The van der Waals surface area contributed by atoms with Crippen LogP contribution in [0.2, 0.25) is 0 Å². The molecular weight excluding hydrogens is 282 g/mol. The number of non-ortho nitro benzene ring substituents is 1. The summed E-state index contributed by atoms with van der Waals surface area (Å²) in [5.74, 6) is 0.768. The van der Waals surface area contributed by atoms with Crippen LogP contribution in [0.25, 0.3) is 23.6 Å². The van der Waals surface area contributed by atoms with Crippen LogP contribution in [0.5, 0.6) is 0 Å². The normalized spacial score (nSPS) is 10.9. The zero-order valence-electron chi connectivity index (χ0n) is 11.4. The first kappa shape index (κ1) is 13.7. The van der Waals surface area contributed by atoms with Gasteiger partial charge in [0, 0.05) is 23.8 Å². The summed E-state index contributed by atoms with van der Waals surface area (Å²) in [6.45, 7) is 0. The second kappa shape index (κ2) is 6.01. The van der Waals surface area contributed by atoms with Crippen molar-refractivity contribution in [3.8, 4) is 11.5 Å². The number of rotatable bonds is 4. The third-order valence-electron chi connectivity index (χ3n) is 2.96. The zero-order valence-corrected chi connectivity index (χ0v) is 11.4. The van der Waals surface area contributed by atoms with Gasteiger partial charge in [0.25, 0.3) is 5.69 Å². The minimum atomic E-state index is -0.433. The fraction of sp³-hybridized carbons (Fsp3) is 0. The molecule has 1 aromatic heterocycles. The maximum Gasteiger partial charge on any atom is 0.270 e. The molecule has 0 bridgehead atoms. The minimum Gasteiger partial charge on any atom is -0.417 e. The van der Waals surface area contributed by atoms with E-state index in [1.54, 1.807) is 24.3 Å². The highest BCUT2D eigenvalue weighted by Crippen LogP contribution is 2.19. The molecule has 6 heteroatoms. The number of nitro benzene ring substituents is 1. The van der Waals surface area contributed by atoms with Crippen molar-refractivity contribution in [2.45, 2.75) is 0 Å². The summed E-state index contributed by atoms with van der Waals surface area (Å²) in [4.78, 5) is 10.3. The van der Waals surface area contributed by atoms with Gasteiger partial charge in [0.1, 0.15) is 0 Å². The molecule has 0 atom stereocenters. The molecule has 1 heterocycles. The summed E-state index contributed by atoms with van der Waals surface area (Å²) in [5, 5.41) is 18.6. The highest BCUT2D eigenvalue weighted by Gasteiger charge is 2.06. The van der Waals surface area contributed by atoms with Crippen molar-refractivity contribution in [1.82, 2.24) is 10.2 Å². The Morgan fingerprint density at radius 1 is 1.00 bits per heavy atom. The predicted octanol–water partition coefficient (Wildman–Crippen LogP) is 3.82. The number of nitro groups is 1. The molecule has 0 amide bonds. The first-order chi connectivity index (χ1) is 10.7. The van der Waals surface area contributed by atoms with Crippen molar-refractivity contribution >= 4 is 17.8 Å². The topological polar surface area (TPSA) is 82.1 Å². The standard InChI is InChI=1S/C16H11N3O3/c20-19(21)14-8-4-5-12(11-14)9-10-15-17-18-16(22-15)13-6-2-1-3-7-13/h1-11H/b10-9+. The Hall–Kier alpha value is -3.28. The summed E-state index contributed by atoms with van der Waals surface area (Å²) in [5.41, 5.74) is 1.57. The molecule has 3 rings (SSSR count). The van der Waals surface area contributed by atoms with E-state index in [9.17, 15) is 10.1 Å². The van der Waals surface area contributed by atoms with Gasteiger partial charge in [-0.05, 0) is 23.8 Å². The van der Waals surface area contributed by atoms with Crippen LogP contribution in [-0.2, 0) is 0 Å². The summed E-state index contributed by atoms with van der Waals surface area (Å²) in [7, 11) is 0. The van der Waals surface area contributed by atoms with Gasteiger partial charge in [0.05, 0.1) is 4.92 Å². The van der Waals surface area contributed by atoms with Gasteiger partial charge in [0.15, 0.2) is 0 Å². The van der Waals surface area contributed by atoms with Gasteiger partial charge in [-0.3, -0.25) is 10.1 Å². The molecule has 0 aliphatic carbocycles. The van der Waals surface area contributed by atoms with E-state index in [0.29, 0.717) is 17.3 Å². The number of benzene rings is 2. The van der Waals surface area contributed by atoms with Gasteiger partial charge in [-0.25, -0.2) is 0 Å². The predicted molar refractivity (Wildman–Crippen MR) is 81.8 cm³/mol. The molecule has 3 aromatic rings. The lowest BCUT2D eigenvalue weighted by atomic mass is 10.2. The lowest BCUT2D eigenvalue weighted by Crippen LogP contribution is -1.87. The average molecular weight is 293 g/mol. The molecule has 0 fully saturated rings. The quantitative estimate of drug-likeness (QED) is 0.539. The van der Waals surface area contributed by atoms with Crippen LogP contribution in [0, 0.1) is 10.1 Å². The highest BCUT2D eigenvalue weighted by atomic mass is 16.6. The van der Waals surface area contributed by atoms with E-state index in [-0.39, 0.29) is 5.69 Å². The Morgan fingerprint density at radius 2 is 1.82 bits per heavy atom. The van der Waals surface area contributed by atoms with Crippen LogP contribution < -0.4 is 0 Å². The molecule has 0 radical (unpaired) electrons. The van der Waals surface area contributed by atoms with Crippen LogP contribution in [0.1, 0.15) is 11.5 Å². The van der Waals surface area contributed by atoms with E-state index in [1.807, 2.05) is 30.3 Å². The van der Waals surface area contributed by atoms with E-state index < -0.39 is 4.92 Å². The molecule has 0 saturated carbocycles. The van der Waals surface area contributed by atoms with Crippen molar-refractivity contribution in [2.24, 2.45) is 0 Å². The zero-order chi connectivity index (χ0) is 15.4. The van der Waals surface area contributed by atoms with E-state index in [1.165, 1.54) is 12.1 Å². The average Bonchev–Trinajstić information content (AvgIpc) is 3.03. The van der Waals surface area contributed by atoms with Crippen molar-refractivity contribution < 1.29 is 9.34 Å². The fourth-order valence-corrected chi connectivity index (χ4v) is 1.91. The lowest BCUT2D eigenvalue weighted by Gasteiger charge is -1.93. The van der Waals surface area contributed by atoms with Crippen molar-refractivity contribution in [2.75, 3.05) is 0 Å². The van der Waals surface area contributed by atoms with Gasteiger partial charge in [-0.1, -0.05) is 30.3 Å². The summed E-state index contributed by atoms with van der Waals surface area (Å²) in [6.07, 6.45) is 3.31. The van der Waals surface area contributed by atoms with Gasteiger partial charge in [-0.15, -0.1) is 10.2 Å². The largest absolute Gasteiger partial charge is 0.417 e. The SMILES string of the molecule is O=[N+]([O-])c1cccc(/C=C/c2nnc(-c3ccccc3)o2)c1. The second-order valence-electron chi connectivity index (χ2n) is 4.50. The van der Waals surface area contributed by atoms with Crippen molar-refractivity contribution in [1.29, 1.82) is 0 Å². The number of nitrogens with zero attached hydrogens (tertiary/aromatic N) is 3. The Balaban J connectivity index is 1.80. The number of aromatic nitrogens is 2. The Bertz CT molecular complexity index is 825. The summed E-state index contributed by atoms with van der Waals surface area (Å²) < 4.78 is 5.53. The van der Waals surface area contributed by atoms with Gasteiger partial charge in [-0.2, -0.15) is 0 Å². The smallest absolute Gasteiger partial charge is 0.270 e. The van der Waals surface area contributed by atoms with Gasteiger partial charge < -0.3 is 4.42 Å². The van der Waals surface area contributed by atoms with E-state index >= 15 is 0 Å². The molecule has 6 nitrogen and oxygen atoms in total. The molecule has 0 N–H and O–H groups in total. The minimum absolute atomic E-state index is 0.0395. The molecule has 0 spiro atoms. The van der Waals surface area contributed by atoms with Gasteiger partial charge in [0.2, 0.25) is 11.8 Å². The second-order valence-corrected chi connectivity index (χ2v) is 4.50. The summed E-state index contributed by atoms with van der Waals surface area (Å²) in [6, 6.07) is 15.7. The summed E-state index contributed by atoms with van der Waals surface area (Å²) >= 11 is 0. The van der Waals surface area contributed by atoms with Crippen LogP contribution in [0.3, 0.4) is 0 Å². The molecule has 0 unspecified atom stereocenters. The first-order valence-electron chi connectivity index (χ1n) is 6.54. The molecule has 22 heavy (non-hydrogen) atoms. The molecular formula is C16H11N3O3. The van der Waals surface area contributed by atoms with E-state index in [4.69, 9.17) is 4.42 Å². The van der Waals surface area contributed by atoms with Crippen LogP contribution in [0.15, 0.2) is 59.0 Å². The Labute approximate surface area is 125 Å². The molecule has 2 aromatic carbocycles. The number of hydrogen-bond donors (Lipinski definition) is 0. The van der Waals surface area contributed by atoms with Crippen molar-refractivity contribution in [3.05, 3.63) is 76.2 Å². The van der Waals surface area contributed by atoms with Gasteiger partial charge >= 0.3 is 0 Å². The maximum atomic E-state index is 10.7. The number of hydrogen-bond acceptors (Lipinski definition) is 5. The van der Waals surface area contributed by atoms with Crippen LogP contribution >= 0.6 is 0 Å². The monoisotopic (exact) mass is 293 g/mol. The van der Waals surface area contributed by atoms with Crippen LogP contribution in [-0.4, -0.2) is 15.1 Å². The maximum absolute atomic E-state index is 10.7. The Kier molecular flexibility index (Phi) is 3.74. The molecule has 108 valence electrons. The fourth-order valence-electron chi connectivity index (χ4n) is 1.91. The van der Waals surface area contributed by atoms with E-state index in [2.05, 4.69) is 10.2 Å². The van der Waals surface area contributed by atoms with E-state index in [0.717, 1.165) is 5.56 Å². The molecule has 0 aliphatic heterocycles.